The van der Waals surface area contributed by atoms with Crippen LogP contribution in [-0.4, -0.2) is 36.5 Å². The third-order valence-corrected chi connectivity index (χ3v) is 7.65. The second-order valence-electron chi connectivity index (χ2n) is 9.02. The summed E-state index contributed by atoms with van der Waals surface area (Å²) < 4.78 is 11.3. The van der Waals surface area contributed by atoms with Crippen LogP contribution in [0.5, 0.6) is 0 Å². The zero-order valence-electron chi connectivity index (χ0n) is 17.5. The van der Waals surface area contributed by atoms with E-state index in [4.69, 9.17) is 9.47 Å². The number of rotatable bonds is 3. The Balaban J connectivity index is 2.20. The van der Waals surface area contributed by atoms with E-state index in [1.807, 2.05) is 13.8 Å². The van der Waals surface area contributed by atoms with Crippen molar-refractivity contribution < 1.29 is 19.4 Å². The maximum atomic E-state index is 11.8. The SMILES string of the molecule is C=C1C2O[C@@H](/C(C)=C/C)[C@]3(C)C=C(C)[C@H]([C@](C)(/C=C/C(=O)OC)[C@H]1O)[C@]23C. The van der Waals surface area contributed by atoms with Crippen molar-refractivity contribution in [3.05, 3.63) is 47.6 Å². The summed E-state index contributed by atoms with van der Waals surface area (Å²) in [5, 5.41) is 11.2. The van der Waals surface area contributed by atoms with Crippen LogP contribution in [0.1, 0.15) is 41.5 Å². The minimum Gasteiger partial charge on any atom is -0.466 e. The third kappa shape index (κ3) is 2.32. The van der Waals surface area contributed by atoms with Gasteiger partial charge in [-0.2, -0.15) is 0 Å². The first-order valence-electron chi connectivity index (χ1n) is 9.60. The number of esters is 1. The Morgan fingerprint density at radius 1 is 1.37 bits per heavy atom. The molecule has 2 fully saturated rings. The molecule has 4 nitrogen and oxygen atoms in total. The molecule has 7 atom stereocenters. The van der Waals surface area contributed by atoms with Gasteiger partial charge in [0.25, 0.3) is 0 Å². The topological polar surface area (TPSA) is 55.8 Å². The maximum absolute atomic E-state index is 11.8. The van der Waals surface area contributed by atoms with Crippen molar-refractivity contribution in [1.82, 2.24) is 0 Å². The van der Waals surface area contributed by atoms with Gasteiger partial charge in [-0.3, -0.25) is 0 Å². The van der Waals surface area contributed by atoms with Crippen LogP contribution >= 0.6 is 0 Å². The van der Waals surface area contributed by atoms with Crippen LogP contribution in [0.15, 0.2) is 47.6 Å². The average molecular weight is 373 g/mol. The minimum absolute atomic E-state index is 0.0241. The standard InChI is InChI=1S/C23H32O4/c1-9-13(2)19-22(6)12-14(3)17-21(5,11-10-16(24)26-8)18(25)15(4)20(27-19)23(17,22)7/h9-12,17-20,25H,4H2,1-3,5-8H3/b11-10+,13-9+/t17-,18+,19+,20?,21+,22+,23-/m1/s1. The molecule has 3 rings (SSSR count). The lowest BCUT2D eigenvalue weighted by molar-refractivity contribution is -0.135. The maximum Gasteiger partial charge on any atom is 0.330 e. The van der Waals surface area contributed by atoms with Crippen molar-refractivity contribution in [2.45, 2.75) is 59.9 Å². The molecule has 1 saturated heterocycles. The number of allylic oxidation sites excluding steroid dienone is 2. The number of methoxy groups -OCH3 is 1. The molecule has 0 aromatic heterocycles. The largest absolute Gasteiger partial charge is 0.466 e. The Morgan fingerprint density at radius 2 is 2.00 bits per heavy atom. The van der Waals surface area contributed by atoms with E-state index in [-0.39, 0.29) is 29.0 Å². The lowest BCUT2D eigenvalue weighted by Crippen LogP contribution is -2.58. The number of hydrogen-bond donors (Lipinski definition) is 1. The van der Waals surface area contributed by atoms with Gasteiger partial charge in [0.2, 0.25) is 0 Å². The van der Waals surface area contributed by atoms with E-state index in [0.717, 1.165) is 0 Å². The summed E-state index contributed by atoms with van der Waals surface area (Å²) >= 11 is 0. The number of aliphatic hydroxyl groups is 1. The fourth-order valence-electron chi connectivity index (χ4n) is 6.25. The number of carbonyl (C=O) groups excluding carboxylic acids is 1. The molecule has 0 radical (unpaired) electrons. The fourth-order valence-corrected chi connectivity index (χ4v) is 6.25. The van der Waals surface area contributed by atoms with E-state index in [1.165, 1.54) is 24.3 Å². The molecule has 4 heteroatoms. The zero-order chi connectivity index (χ0) is 20.4. The van der Waals surface area contributed by atoms with E-state index in [0.29, 0.717) is 5.57 Å². The van der Waals surface area contributed by atoms with Gasteiger partial charge in [-0.1, -0.05) is 51.2 Å². The minimum atomic E-state index is -0.808. The summed E-state index contributed by atoms with van der Waals surface area (Å²) in [6, 6.07) is 0. The normalized spacial score (nSPS) is 46.6. The van der Waals surface area contributed by atoms with Crippen LogP contribution in [0.2, 0.25) is 0 Å². The van der Waals surface area contributed by atoms with Crippen LogP contribution in [0.4, 0.5) is 0 Å². The van der Waals surface area contributed by atoms with Crippen molar-refractivity contribution >= 4 is 5.97 Å². The molecule has 0 spiro atoms. The van der Waals surface area contributed by atoms with E-state index < -0.39 is 17.5 Å². The van der Waals surface area contributed by atoms with Gasteiger partial charge in [0.15, 0.2) is 0 Å². The quantitative estimate of drug-likeness (QED) is 0.463. The molecule has 1 unspecified atom stereocenters. The van der Waals surface area contributed by atoms with Gasteiger partial charge in [0.1, 0.15) is 0 Å². The predicted octanol–water partition coefficient (Wildman–Crippen LogP) is 3.97. The Labute approximate surface area is 162 Å². The Hall–Kier alpha value is -1.65. The summed E-state index contributed by atoms with van der Waals surface area (Å²) in [6.07, 6.45) is 6.54. The van der Waals surface area contributed by atoms with Gasteiger partial charge in [-0.05, 0) is 31.9 Å². The summed E-state index contributed by atoms with van der Waals surface area (Å²) in [6.45, 7) is 17.0. The molecule has 0 bridgehead atoms. The van der Waals surface area contributed by atoms with Gasteiger partial charge in [0, 0.05) is 28.2 Å². The molecule has 0 amide bonds. The van der Waals surface area contributed by atoms with Crippen LogP contribution in [-0.2, 0) is 14.3 Å². The lowest BCUT2D eigenvalue weighted by Gasteiger charge is -2.56. The van der Waals surface area contributed by atoms with Crippen molar-refractivity contribution in [3.63, 3.8) is 0 Å². The molecular weight excluding hydrogens is 340 g/mol. The van der Waals surface area contributed by atoms with Gasteiger partial charge in [-0.25, -0.2) is 4.79 Å². The highest BCUT2D eigenvalue weighted by Gasteiger charge is 2.73. The fraction of sp³-hybridized carbons (Fsp3) is 0.609. The number of aliphatic hydroxyl groups excluding tert-OH is 1. The molecule has 1 saturated carbocycles. The Morgan fingerprint density at radius 3 is 2.56 bits per heavy atom. The summed E-state index contributed by atoms with van der Waals surface area (Å²) in [5.41, 5.74) is 1.95. The molecule has 148 valence electrons. The third-order valence-electron chi connectivity index (χ3n) is 7.65. The Kier molecular flexibility index (Phi) is 4.60. The molecule has 0 aromatic carbocycles. The molecule has 0 aromatic rings. The van der Waals surface area contributed by atoms with Crippen molar-refractivity contribution in [2.24, 2.45) is 22.2 Å². The molecule has 1 heterocycles. The van der Waals surface area contributed by atoms with Gasteiger partial charge < -0.3 is 14.6 Å². The highest BCUT2D eigenvalue weighted by atomic mass is 16.5. The van der Waals surface area contributed by atoms with E-state index >= 15 is 0 Å². The van der Waals surface area contributed by atoms with Gasteiger partial charge in [-0.15, -0.1) is 0 Å². The number of hydrogen-bond acceptors (Lipinski definition) is 4. The van der Waals surface area contributed by atoms with Crippen molar-refractivity contribution in [2.75, 3.05) is 7.11 Å². The first-order chi connectivity index (χ1) is 12.5. The molecular formula is C23H32O4. The molecule has 3 aliphatic rings. The van der Waals surface area contributed by atoms with Crippen molar-refractivity contribution in [3.8, 4) is 0 Å². The van der Waals surface area contributed by atoms with Gasteiger partial charge in [0.05, 0.1) is 25.4 Å². The number of carbonyl (C=O) groups is 1. The molecule has 1 N–H and O–H groups in total. The average Bonchev–Trinajstić information content (AvgIpc) is 2.97. The summed E-state index contributed by atoms with van der Waals surface area (Å²) in [4.78, 5) is 11.8. The second kappa shape index (κ2) is 6.18. The summed E-state index contributed by atoms with van der Waals surface area (Å²) in [7, 11) is 1.36. The first-order valence-corrected chi connectivity index (χ1v) is 9.60. The first kappa shape index (κ1) is 20.1. The highest BCUT2D eigenvalue weighted by Crippen LogP contribution is 2.72. The molecule has 27 heavy (non-hydrogen) atoms. The predicted molar refractivity (Wildman–Crippen MR) is 106 cm³/mol. The second-order valence-corrected chi connectivity index (χ2v) is 9.02. The van der Waals surface area contributed by atoms with Crippen LogP contribution < -0.4 is 0 Å². The highest BCUT2D eigenvalue weighted by molar-refractivity contribution is 5.82. The Bertz CT molecular complexity index is 775. The van der Waals surface area contributed by atoms with Crippen LogP contribution in [0.3, 0.4) is 0 Å². The zero-order valence-corrected chi connectivity index (χ0v) is 17.5. The summed E-state index contributed by atoms with van der Waals surface area (Å²) in [5.74, 6) is -0.398. The monoisotopic (exact) mass is 372 g/mol. The lowest BCUT2D eigenvalue weighted by atomic mass is 9.47. The van der Waals surface area contributed by atoms with Crippen molar-refractivity contribution in [1.29, 1.82) is 0 Å². The smallest absolute Gasteiger partial charge is 0.330 e. The number of ether oxygens (including phenoxy) is 2. The molecule has 2 aliphatic carbocycles. The van der Waals surface area contributed by atoms with Gasteiger partial charge >= 0.3 is 5.97 Å². The van der Waals surface area contributed by atoms with E-state index in [1.54, 1.807) is 6.08 Å². The van der Waals surface area contributed by atoms with E-state index in [2.05, 4.69) is 46.4 Å². The van der Waals surface area contributed by atoms with Crippen LogP contribution in [0, 0.1) is 22.2 Å². The molecule has 1 aliphatic heterocycles. The van der Waals surface area contributed by atoms with Crippen LogP contribution in [0.25, 0.3) is 0 Å². The van der Waals surface area contributed by atoms with E-state index in [9.17, 15) is 9.90 Å².